The number of carbonyl (C=O) groups is 1. The fourth-order valence-electron chi connectivity index (χ4n) is 2.95. The van der Waals surface area contributed by atoms with Gasteiger partial charge in [-0.3, -0.25) is 4.79 Å². The summed E-state index contributed by atoms with van der Waals surface area (Å²) in [6.07, 6.45) is 8.59. The summed E-state index contributed by atoms with van der Waals surface area (Å²) in [5.74, 6) is 1.87. The Morgan fingerprint density at radius 1 is 1.35 bits per heavy atom. The molecule has 2 aliphatic carbocycles. The van der Waals surface area contributed by atoms with Gasteiger partial charge in [-0.05, 0) is 30.4 Å². The van der Waals surface area contributed by atoms with Crippen LogP contribution in [0.15, 0.2) is 35.6 Å². The number of ketones is 1. The topological polar surface area (TPSA) is 26.3 Å². The van der Waals surface area contributed by atoms with Crippen molar-refractivity contribution in [3.8, 4) is 0 Å². The van der Waals surface area contributed by atoms with Crippen molar-refractivity contribution in [2.45, 2.75) is 27.2 Å². The molecule has 2 heteroatoms. The van der Waals surface area contributed by atoms with Gasteiger partial charge in [0.25, 0.3) is 0 Å². The number of allylic oxidation sites excluding steroid dienone is 5. The van der Waals surface area contributed by atoms with Gasteiger partial charge in [-0.1, -0.05) is 32.1 Å². The molecular weight excluding hydrogens is 212 g/mol. The van der Waals surface area contributed by atoms with Crippen LogP contribution in [0.3, 0.4) is 0 Å². The molecule has 0 aromatic carbocycles. The zero-order valence-electron chi connectivity index (χ0n) is 11.0. The molecule has 0 N–H and O–H groups in total. The maximum atomic E-state index is 12.4. The molecule has 0 saturated heterocycles. The largest absolute Gasteiger partial charge is 0.500 e. The third kappa shape index (κ3) is 1.67. The lowest BCUT2D eigenvalue weighted by atomic mass is 9.77. The van der Waals surface area contributed by atoms with Gasteiger partial charge in [0.05, 0.1) is 7.11 Å². The van der Waals surface area contributed by atoms with Crippen LogP contribution in [0.25, 0.3) is 0 Å². The predicted molar refractivity (Wildman–Crippen MR) is 68.4 cm³/mol. The van der Waals surface area contributed by atoms with E-state index in [0.717, 1.165) is 5.76 Å². The molecule has 0 heterocycles. The summed E-state index contributed by atoms with van der Waals surface area (Å²) in [6.45, 7) is 6.34. The Kier molecular flexibility index (Phi) is 2.98. The first kappa shape index (κ1) is 12.2. The quantitative estimate of drug-likeness (QED) is 0.730. The molecule has 0 spiro atoms. The van der Waals surface area contributed by atoms with Gasteiger partial charge < -0.3 is 4.74 Å². The van der Waals surface area contributed by atoms with E-state index in [2.05, 4.69) is 19.9 Å². The molecule has 0 bridgehead atoms. The minimum absolute atomic E-state index is 0.277. The van der Waals surface area contributed by atoms with Crippen molar-refractivity contribution >= 4 is 5.78 Å². The summed E-state index contributed by atoms with van der Waals surface area (Å²) >= 11 is 0. The van der Waals surface area contributed by atoms with E-state index >= 15 is 0 Å². The van der Waals surface area contributed by atoms with Crippen LogP contribution >= 0.6 is 0 Å². The fourth-order valence-corrected chi connectivity index (χ4v) is 2.95. The van der Waals surface area contributed by atoms with E-state index < -0.39 is 5.41 Å². The SMILES string of the molecule is COC1=CC=CC=C2[C@@H](C(C)C)CC(=O)[C@]12C. The number of hydrogen-bond acceptors (Lipinski definition) is 2. The van der Waals surface area contributed by atoms with Crippen LogP contribution in [0.2, 0.25) is 0 Å². The maximum Gasteiger partial charge on any atom is 0.150 e. The molecule has 2 nitrogen and oxygen atoms in total. The van der Waals surface area contributed by atoms with Crippen molar-refractivity contribution in [3.63, 3.8) is 0 Å². The lowest BCUT2D eigenvalue weighted by Gasteiger charge is -2.28. The molecule has 1 saturated carbocycles. The van der Waals surface area contributed by atoms with Crippen molar-refractivity contribution in [1.29, 1.82) is 0 Å². The average molecular weight is 232 g/mol. The van der Waals surface area contributed by atoms with Crippen LogP contribution in [-0.4, -0.2) is 12.9 Å². The molecule has 1 fully saturated rings. The Bertz CT molecular complexity index is 426. The lowest BCUT2D eigenvalue weighted by Crippen LogP contribution is -2.27. The zero-order chi connectivity index (χ0) is 12.6. The van der Waals surface area contributed by atoms with E-state index in [1.165, 1.54) is 5.57 Å². The van der Waals surface area contributed by atoms with Crippen molar-refractivity contribution in [1.82, 2.24) is 0 Å². The third-order valence-electron chi connectivity index (χ3n) is 4.09. The molecule has 17 heavy (non-hydrogen) atoms. The molecule has 0 aromatic rings. The summed E-state index contributed by atoms with van der Waals surface area (Å²) in [5.41, 5.74) is 0.659. The first-order chi connectivity index (χ1) is 8.01. The van der Waals surface area contributed by atoms with Crippen molar-refractivity contribution in [2.24, 2.45) is 17.3 Å². The lowest BCUT2D eigenvalue weighted by molar-refractivity contribution is -0.124. The van der Waals surface area contributed by atoms with Gasteiger partial charge in [0.2, 0.25) is 0 Å². The monoisotopic (exact) mass is 232 g/mol. The van der Waals surface area contributed by atoms with E-state index in [-0.39, 0.29) is 5.78 Å². The van der Waals surface area contributed by atoms with Gasteiger partial charge in [0, 0.05) is 6.42 Å². The van der Waals surface area contributed by atoms with Gasteiger partial charge in [0.1, 0.15) is 11.2 Å². The number of Topliss-reactive ketones (excluding diaryl/α,β-unsaturated/α-hetero) is 1. The molecule has 0 aromatic heterocycles. The third-order valence-corrected chi connectivity index (χ3v) is 4.09. The van der Waals surface area contributed by atoms with Gasteiger partial charge in [-0.25, -0.2) is 0 Å². The molecule has 2 rings (SSSR count). The summed E-state index contributed by atoms with van der Waals surface area (Å²) in [4.78, 5) is 12.4. The zero-order valence-corrected chi connectivity index (χ0v) is 11.0. The summed E-state index contributed by atoms with van der Waals surface area (Å²) in [5, 5.41) is 0. The second-order valence-corrected chi connectivity index (χ2v) is 5.34. The number of rotatable bonds is 2. The highest BCUT2D eigenvalue weighted by atomic mass is 16.5. The Labute approximate surface area is 103 Å². The van der Waals surface area contributed by atoms with Crippen LogP contribution in [-0.2, 0) is 9.53 Å². The second-order valence-electron chi connectivity index (χ2n) is 5.34. The van der Waals surface area contributed by atoms with Crippen molar-refractivity contribution in [3.05, 3.63) is 35.6 Å². The molecule has 2 aliphatic rings. The first-order valence-electron chi connectivity index (χ1n) is 6.18. The molecule has 0 unspecified atom stereocenters. The number of methoxy groups -OCH3 is 1. The van der Waals surface area contributed by atoms with Gasteiger partial charge in [-0.2, -0.15) is 0 Å². The highest BCUT2D eigenvalue weighted by Gasteiger charge is 2.51. The van der Waals surface area contributed by atoms with Crippen molar-refractivity contribution < 1.29 is 9.53 Å². The molecule has 0 radical (unpaired) electrons. The number of hydrogen-bond donors (Lipinski definition) is 0. The average Bonchev–Trinajstić information content (AvgIpc) is 2.46. The molecule has 0 aliphatic heterocycles. The van der Waals surface area contributed by atoms with Crippen LogP contribution in [0.5, 0.6) is 0 Å². The summed E-state index contributed by atoms with van der Waals surface area (Å²) in [6, 6.07) is 0. The van der Waals surface area contributed by atoms with E-state index in [1.807, 2.05) is 25.2 Å². The van der Waals surface area contributed by atoms with E-state index in [4.69, 9.17) is 4.74 Å². The first-order valence-corrected chi connectivity index (χ1v) is 6.18. The number of ether oxygens (including phenoxy) is 1. The van der Waals surface area contributed by atoms with Gasteiger partial charge in [-0.15, -0.1) is 0 Å². The Hall–Kier alpha value is -1.31. The van der Waals surface area contributed by atoms with Crippen LogP contribution in [0.4, 0.5) is 0 Å². The van der Waals surface area contributed by atoms with Crippen LogP contribution in [0, 0.1) is 17.3 Å². The Morgan fingerprint density at radius 3 is 2.59 bits per heavy atom. The second kappa shape index (κ2) is 4.17. The maximum absolute atomic E-state index is 12.4. The minimum atomic E-state index is -0.548. The van der Waals surface area contributed by atoms with Crippen LogP contribution in [0.1, 0.15) is 27.2 Å². The smallest absolute Gasteiger partial charge is 0.150 e. The normalized spacial score (nSPS) is 32.1. The predicted octanol–water partition coefficient (Wildman–Crippen LogP) is 3.26. The minimum Gasteiger partial charge on any atom is -0.500 e. The molecule has 92 valence electrons. The summed E-state index contributed by atoms with van der Waals surface area (Å²) in [7, 11) is 1.64. The van der Waals surface area contributed by atoms with Gasteiger partial charge in [0.15, 0.2) is 5.78 Å². The molecule has 0 amide bonds. The van der Waals surface area contributed by atoms with Gasteiger partial charge >= 0.3 is 0 Å². The molecule has 2 atom stereocenters. The van der Waals surface area contributed by atoms with Crippen LogP contribution < -0.4 is 0 Å². The van der Waals surface area contributed by atoms with E-state index in [0.29, 0.717) is 18.3 Å². The summed E-state index contributed by atoms with van der Waals surface area (Å²) < 4.78 is 5.43. The highest BCUT2D eigenvalue weighted by molar-refractivity contribution is 5.94. The molecular formula is C15H20O2. The van der Waals surface area contributed by atoms with Crippen molar-refractivity contribution in [2.75, 3.05) is 7.11 Å². The van der Waals surface area contributed by atoms with E-state index in [9.17, 15) is 4.79 Å². The van der Waals surface area contributed by atoms with E-state index in [1.54, 1.807) is 7.11 Å². The standard InChI is InChI=1S/C15H20O2/c1-10(2)11-9-13(16)15(3)12(11)7-5-6-8-14(15)17-4/h5-8,10-11H,9H2,1-4H3/t11-,15-/m1/s1. The Balaban J connectivity index is 2.54. The number of fused-ring (bicyclic) bond motifs is 1. The Morgan fingerprint density at radius 2 is 2.00 bits per heavy atom. The fraction of sp³-hybridized carbons (Fsp3) is 0.533. The number of carbonyl (C=O) groups excluding carboxylic acids is 1. The highest BCUT2D eigenvalue weighted by Crippen LogP contribution is 2.51.